The van der Waals surface area contributed by atoms with Crippen LogP contribution < -0.4 is 4.74 Å². The van der Waals surface area contributed by atoms with Crippen LogP contribution in [0.1, 0.15) is 50.7 Å². The molecule has 3 heterocycles. The highest BCUT2D eigenvalue weighted by atomic mass is 16.5. The zero-order valence-corrected chi connectivity index (χ0v) is 31.5. The van der Waals surface area contributed by atoms with Crippen molar-refractivity contribution in [2.24, 2.45) is 0 Å². The van der Waals surface area contributed by atoms with Gasteiger partial charge in [0.05, 0.1) is 16.7 Å². The lowest BCUT2D eigenvalue weighted by molar-refractivity contribution is 0.483. The van der Waals surface area contributed by atoms with Gasteiger partial charge < -0.3 is 4.74 Å². The number of fused-ring (bicyclic) bond motifs is 3. The van der Waals surface area contributed by atoms with Crippen LogP contribution in [0.5, 0.6) is 11.5 Å². The van der Waals surface area contributed by atoms with Gasteiger partial charge in [0.1, 0.15) is 23.1 Å². The number of benzene rings is 6. The predicted molar refractivity (Wildman–Crippen MR) is 227 cm³/mol. The molecule has 0 aliphatic rings. The van der Waals surface area contributed by atoms with Crippen molar-refractivity contribution in [2.45, 2.75) is 39.5 Å². The molecule has 0 atom stereocenters. The number of aromatic nitrogens is 4. The van der Waals surface area contributed by atoms with E-state index in [1.807, 2.05) is 48.8 Å². The average molecular weight is 715 g/mol. The summed E-state index contributed by atoms with van der Waals surface area (Å²) in [7, 11) is 0. The van der Waals surface area contributed by atoms with Crippen molar-refractivity contribution in [1.29, 1.82) is 0 Å². The Morgan fingerprint density at radius 3 is 1.84 bits per heavy atom. The van der Waals surface area contributed by atoms with E-state index >= 15 is 0 Å². The minimum absolute atomic E-state index is 0.289. The van der Waals surface area contributed by atoms with Gasteiger partial charge in [-0.1, -0.05) is 119 Å². The molecule has 9 rings (SSSR count). The van der Waals surface area contributed by atoms with Crippen molar-refractivity contribution in [1.82, 2.24) is 19.1 Å². The average Bonchev–Trinajstić information content (AvgIpc) is 3.84. The summed E-state index contributed by atoms with van der Waals surface area (Å²) >= 11 is 0. The number of pyridine rings is 1. The molecule has 3 aromatic heterocycles. The largest absolute Gasteiger partial charge is 0.457 e. The quantitative estimate of drug-likeness (QED) is 0.149. The van der Waals surface area contributed by atoms with E-state index < -0.39 is 0 Å². The van der Waals surface area contributed by atoms with Gasteiger partial charge in [0.2, 0.25) is 0 Å². The highest BCUT2D eigenvalue weighted by molar-refractivity contribution is 6.09. The van der Waals surface area contributed by atoms with Crippen molar-refractivity contribution < 1.29 is 4.74 Å². The van der Waals surface area contributed by atoms with Gasteiger partial charge in [-0.3, -0.25) is 9.13 Å². The fourth-order valence-electron chi connectivity index (χ4n) is 7.77. The van der Waals surface area contributed by atoms with Crippen LogP contribution in [0.2, 0.25) is 0 Å². The van der Waals surface area contributed by atoms with Crippen LogP contribution in [-0.2, 0) is 0 Å². The first kappa shape index (κ1) is 34.1. The number of hydrogen-bond acceptors (Lipinski definition) is 3. The Morgan fingerprint density at radius 1 is 0.473 bits per heavy atom. The lowest BCUT2D eigenvalue weighted by atomic mass is 9.88. The standard InChI is InChI=1S/C50H42N4O/c1-33(2)44-30-39(37-22-20-36(21-23-37)35-13-6-5-7-14-35)31-45(34(3)4)49(44)53-28-27-52-50(53)38-15-12-16-40(29-38)55-41-24-25-43-42-17-8-9-18-46(42)54(47(43)32-41)48-19-10-11-26-51-48/h5-34H,1-4H3. The maximum atomic E-state index is 6.61. The summed E-state index contributed by atoms with van der Waals surface area (Å²) < 4.78 is 11.1. The van der Waals surface area contributed by atoms with Crippen LogP contribution in [0.3, 0.4) is 0 Å². The van der Waals surface area contributed by atoms with Crippen LogP contribution in [-0.4, -0.2) is 19.1 Å². The number of para-hydroxylation sites is 1. The first-order valence-electron chi connectivity index (χ1n) is 19.0. The molecule has 6 aromatic carbocycles. The molecule has 5 heteroatoms. The summed E-state index contributed by atoms with van der Waals surface area (Å²) in [6.07, 6.45) is 5.82. The highest BCUT2D eigenvalue weighted by Crippen LogP contribution is 2.40. The minimum atomic E-state index is 0.289. The van der Waals surface area contributed by atoms with Crippen LogP contribution in [0.25, 0.3) is 67.0 Å². The molecule has 0 bridgehead atoms. The fraction of sp³-hybridized carbons (Fsp3) is 0.120. The van der Waals surface area contributed by atoms with Crippen LogP contribution in [0, 0.1) is 0 Å². The van der Waals surface area contributed by atoms with Crippen LogP contribution in [0.4, 0.5) is 0 Å². The molecule has 0 fully saturated rings. The number of rotatable bonds is 9. The number of imidazole rings is 1. The topological polar surface area (TPSA) is 44.9 Å². The summed E-state index contributed by atoms with van der Waals surface area (Å²) in [5, 5.41) is 2.33. The minimum Gasteiger partial charge on any atom is -0.457 e. The molecule has 9 aromatic rings. The molecular weight excluding hydrogens is 673 g/mol. The zero-order chi connectivity index (χ0) is 37.5. The SMILES string of the molecule is CC(C)c1cc(-c2ccc(-c3ccccc3)cc2)cc(C(C)C)c1-n1ccnc1-c1cccc(Oc2ccc3c4ccccc4n(-c4ccccn4)c3c2)c1. The van der Waals surface area contributed by atoms with Crippen molar-refractivity contribution in [3.8, 4) is 56.6 Å². The van der Waals surface area contributed by atoms with E-state index in [2.05, 4.69) is 163 Å². The molecule has 0 saturated heterocycles. The second-order valence-corrected chi connectivity index (χ2v) is 14.7. The third kappa shape index (κ3) is 6.38. The van der Waals surface area contributed by atoms with Gasteiger partial charge >= 0.3 is 0 Å². The third-order valence-electron chi connectivity index (χ3n) is 10.5. The monoisotopic (exact) mass is 714 g/mol. The van der Waals surface area contributed by atoms with Gasteiger partial charge in [0, 0.05) is 41.0 Å². The predicted octanol–water partition coefficient (Wildman–Crippen LogP) is 13.4. The molecule has 0 amide bonds. The first-order valence-corrected chi connectivity index (χ1v) is 19.0. The van der Waals surface area contributed by atoms with Crippen LogP contribution >= 0.6 is 0 Å². The van der Waals surface area contributed by atoms with Gasteiger partial charge in [-0.2, -0.15) is 0 Å². The molecule has 5 nitrogen and oxygen atoms in total. The van der Waals surface area contributed by atoms with Crippen molar-refractivity contribution in [2.75, 3.05) is 0 Å². The van der Waals surface area contributed by atoms with E-state index in [0.29, 0.717) is 0 Å². The van der Waals surface area contributed by atoms with Gasteiger partial charge in [0.15, 0.2) is 0 Å². The van der Waals surface area contributed by atoms with Crippen molar-refractivity contribution in [3.05, 3.63) is 181 Å². The Bertz CT molecular complexity index is 2750. The first-order chi connectivity index (χ1) is 26.9. The molecule has 55 heavy (non-hydrogen) atoms. The van der Waals surface area contributed by atoms with E-state index in [0.717, 1.165) is 45.1 Å². The van der Waals surface area contributed by atoms with E-state index in [9.17, 15) is 0 Å². The Labute approximate surface area is 322 Å². The third-order valence-corrected chi connectivity index (χ3v) is 10.5. The number of ether oxygens (including phenoxy) is 1. The van der Waals surface area contributed by atoms with Gasteiger partial charge in [-0.15, -0.1) is 0 Å². The molecule has 0 N–H and O–H groups in total. The maximum Gasteiger partial charge on any atom is 0.144 e. The summed E-state index contributed by atoms with van der Waals surface area (Å²) in [6.45, 7) is 9.11. The fourth-order valence-corrected chi connectivity index (χ4v) is 7.77. The van der Waals surface area contributed by atoms with Gasteiger partial charge in [-0.25, -0.2) is 9.97 Å². The maximum absolute atomic E-state index is 6.61. The molecular formula is C50H42N4O. The lowest BCUT2D eigenvalue weighted by Gasteiger charge is -2.24. The van der Waals surface area contributed by atoms with E-state index in [1.54, 1.807) is 0 Å². The van der Waals surface area contributed by atoms with E-state index in [1.165, 1.54) is 44.5 Å². The van der Waals surface area contributed by atoms with E-state index in [4.69, 9.17) is 9.72 Å². The molecule has 268 valence electrons. The van der Waals surface area contributed by atoms with Crippen molar-refractivity contribution >= 4 is 21.8 Å². The molecule has 0 unspecified atom stereocenters. The second kappa shape index (κ2) is 14.3. The lowest BCUT2D eigenvalue weighted by Crippen LogP contribution is -2.08. The molecule has 0 radical (unpaired) electrons. The summed E-state index contributed by atoms with van der Waals surface area (Å²) in [5.41, 5.74) is 11.8. The zero-order valence-electron chi connectivity index (χ0n) is 31.5. The Kier molecular flexibility index (Phi) is 8.83. The summed E-state index contributed by atoms with van der Waals surface area (Å²) in [4.78, 5) is 9.63. The normalized spacial score (nSPS) is 11.6. The van der Waals surface area contributed by atoms with Crippen molar-refractivity contribution in [3.63, 3.8) is 0 Å². The smallest absolute Gasteiger partial charge is 0.144 e. The second-order valence-electron chi connectivity index (χ2n) is 14.7. The molecule has 0 spiro atoms. The Hall–Kier alpha value is -6.72. The van der Waals surface area contributed by atoms with Crippen LogP contribution in [0.15, 0.2) is 170 Å². The Balaban J connectivity index is 1.08. The Morgan fingerprint density at radius 2 is 1.11 bits per heavy atom. The van der Waals surface area contributed by atoms with Gasteiger partial charge in [0.25, 0.3) is 0 Å². The highest BCUT2D eigenvalue weighted by Gasteiger charge is 2.21. The van der Waals surface area contributed by atoms with E-state index in [-0.39, 0.29) is 11.8 Å². The summed E-state index contributed by atoms with van der Waals surface area (Å²) in [5.74, 6) is 3.82. The summed E-state index contributed by atoms with van der Waals surface area (Å²) in [6, 6.07) is 53.2. The molecule has 0 saturated carbocycles. The van der Waals surface area contributed by atoms with Gasteiger partial charge in [-0.05, 0) is 99.8 Å². The number of nitrogens with zero attached hydrogens (tertiary/aromatic N) is 4. The number of hydrogen-bond donors (Lipinski definition) is 0. The molecule has 0 aliphatic carbocycles. The molecule has 0 aliphatic heterocycles.